The third-order valence-corrected chi connectivity index (χ3v) is 9.58. The number of carbonyl (C=O) groups is 3. The van der Waals surface area contributed by atoms with Crippen LogP contribution in [0.2, 0.25) is 0 Å². The number of rotatable bonds is 10. The van der Waals surface area contributed by atoms with E-state index < -0.39 is 29.6 Å². The third kappa shape index (κ3) is 5.46. The SMILES string of the molecule is CCOc1ccc(N2CC=C[C@@H]3O[C@]45C=CCN(c6cc(C)ccc6C)C(=O)C4N(CCCCCCO)C(=O)[C@@H]5[C@@H]3C2=O)cc1. The Kier molecular flexibility index (Phi) is 8.84. The fourth-order valence-electron chi connectivity index (χ4n) is 7.47. The summed E-state index contributed by atoms with van der Waals surface area (Å²) < 4.78 is 12.4. The molecule has 0 radical (unpaired) electrons. The smallest absolute Gasteiger partial charge is 0.253 e. The number of aliphatic hydroxyl groups excluding tert-OH is 1. The van der Waals surface area contributed by atoms with E-state index in [1.807, 2.05) is 87.5 Å². The summed E-state index contributed by atoms with van der Waals surface area (Å²) in [6, 6.07) is 12.5. The minimum absolute atomic E-state index is 0.127. The van der Waals surface area contributed by atoms with Gasteiger partial charge < -0.3 is 29.3 Å². The Bertz CT molecular complexity index is 1500. The van der Waals surface area contributed by atoms with Crippen LogP contribution in [0, 0.1) is 25.7 Å². The number of aryl methyl sites for hydroxylation is 2. The lowest BCUT2D eigenvalue weighted by Gasteiger charge is -2.35. The molecule has 6 rings (SSSR count). The predicted molar refractivity (Wildman–Crippen MR) is 172 cm³/mol. The molecule has 3 amide bonds. The second-order valence-electron chi connectivity index (χ2n) is 12.5. The maximum atomic E-state index is 14.7. The molecule has 2 saturated heterocycles. The molecule has 4 aliphatic heterocycles. The molecule has 9 nitrogen and oxygen atoms in total. The van der Waals surface area contributed by atoms with Crippen molar-refractivity contribution in [2.45, 2.75) is 64.2 Å². The van der Waals surface area contributed by atoms with Crippen molar-refractivity contribution in [2.75, 3.05) is 42.6 Å². The first-order chi connectivity index (χ1) is 21.8. The largest absolute Gasteiger partial charge is 0.494 e. The molecule has 45 heavy (non-hydrogen) atoms. The first kappa shape index (κ1) is 31.0. The highest BCUT2D eigenvalue weighted by molar-refractivity contribution is 6.07. The maximum Gasteiger partial charge on any atom is 0.253 e. The molecule has 0 bridgehead atoms. The van der Waals surface area contributed by atoms with Crippen LogP contribution < -0.4 is 14.5 Å². The van der Waals surface area contributed by atoms with Gasteiger partial charge in [0.25, 0.3) is 5.91 Å². The van der Waals surface area contributed by atoms with Gasteiger partial charge in [0.1, 0.15) is 17.4 Å². The van der Waals surface area contributed by atoms with Crippen LogP contribution >= 0.6 is 0 Å². The molecule has 9 heteroatoms. The number of aliphatic hydroxyl groups is 1. The Morgan fingerprint density at radius 1 is 0.911 bits per heavy atom. The summed E-state index contributed by atoms with van der Waals surface area (Å²) in [5.74, 6) is -1.51. The van der Waals surface area contributed by atoms with Crippen LogP contribution in [-0.2, 0) is 19.1 Å². The Labute approximate surface area is 265 Å². The van der Waals surface area contributed by atoms with Crippen LogP contribution in [-0.4, -0.2) is 78.3 Å². The summed E-state index contributed by atoms with van der Waals surface area (Å²) in [5, 5.41) is 9.24. The summed E-state index contributed by atoms with van der Waals surface area (Å²) in [5.41, 5.74) is 2.26. The van der Waals surface area contributed by atoms with Gasteiger partial charge >= 0.3 is 0 Å². The van der Waals surface area contributed by atoms with Crippen LogP contribution in [0.15, 0.2) is 66.8 Å². The molecule has 2 fully saturated rings. The quantitative estimate of drug-likeness (QED) is 0.316. The van der Waals surface area contributed by atoms with E-state index in [1.54, 1.807) is 14.7 Å². The van der Waals surface area contributed by atoms with E-state index in [2.05, 4.69) is 0 Å². The molecular weight excluding hydrogens is 570 g/mol. The zero-order valence-corrected chi connectivity index (χ0v) is 26.4. The summed E-state index contributed by atoms with van der Waals surface area (Å²) in [4.78, 5) is 48.8. The van der Waals surface area contributed by atoms with Gasteiger partial charge in [0.2, 0.25) is 11.8 Å². The van der Waals surface area contributed by atoms with Gasteiger partial charge in [-0.3, -0.25) is 14.4 Å². The lowest BCUT2D eigenvalue weighted by atomic mass is 9.77. The lowest BCUT2D eigenvalue weighted by Crippen LogP contribution is -2.55. The zero-order chi connectivity index (χ0) is 31.7. The Balaban J connectivity index is 1.38. The molecule has 0 aliphatic carbocycles. The second kappa shape index (κ2) is 12.8. The number of hydrogen-bond donors (Lipinski definition) is 1. The van der Waals surface area contributed by atoms with E-state index in [1.165, 1.54) is 0 Å². The van der Waals surface area contributed by atoms with E-state index in [-0.39, 0.29) is 24.3 Å². The standard InChI is InChI=1S/C36H43N3O6/c1-4-44-27-16-14-26(15-17-27)37-20-9-11-29-30(33(37)41)31-34(42)39(19-7-5-6-8-22-40)32-35(43)38(21-10-18-36(31,32)45-29)28-23-24(2)12-13-25(28)3/h9-18,23,29-32,40H,4-8,19-22H2,1-3H3/t29-,30+,31-,32?,36-/m0/s1. The van der Waals surface area contributed by atoms with Crippen molar-refractivity contribution < 1.29 is 29.0 Å². The molecule has 4 aliphatic rings. The number of likely N-dealkylation sites (tertiary alicyclic amines) is 1. The van der Waals surface area contributed by atoms with Gasteiger partial charge in [-0.05, 0) is 75.1 Å². The summed E-state index contributed by atoms with van der Waals surface area (Å²) in [6.45, 7) is 7.64. The van der Waals surface area contributed by atoms with Crippen molar-refractivity contribution in [3.8, 4) is 5.75 Å². The van der Waals surface area contributed by atoms with Crippen molar-refractivity contribution in [2.24, 2.45) is 11.8 Å². The van der Waals surface area contributed by atoms with E-state index >= 15 is 0 Å². The monoisotopic (exact) mass is 613 g/mol. The number of hydrogen-bond acceptors (Lipinski definition) is 6. The van der Waals surface area contributed by atoms with Gasteiger partial charge in [0, 0.05) is 37.6 Å². The minimum atomic E-state index is -1.27. The van der Waals surface area contributed by atoms with Crippen LogP contribution in [0.1, 0.15) is 43.7 Å². The highest BCUT2D eigenvalue weighted by atomic mass is 16.5. The topological polar surface area (TPSA) is 99.6 Å². The van der Waals surface area contributed by atoms with Crippen molar-refractivity contribution >= 4 is 29.1 Å². The first-order valence-corrected chi connectivity index (χ1v) is 16.2. The number of ether oxygens (including phenoxy) is 2. The Hall–Kier alpha value is -3.95. The average Bonchev–Trinajstić information content (AvgIpc) is 3.34. The molecule has 2 aromatic carbocycles. The Morgan fingerprint density at radius 3 is 2.42 bits per heavy atom. The average molecular weight is 614 g/mol. The molecule has 2 aromatic rings. The number of nitrogens with zero attached hydrogens (tertiary/aromatic N) is 3. The molecule has 0 aromatic heterocycles. The second-order valence-corrected chi connectivity index (χ2v) is 12.5. The Morgan fingerprint density at radius 2 is 1.67 bits per heavy atom. The van der Waals surface area contributed by atoms with Crippen molar-refractivity contribution in [3.63, 3.8) is 0 Å². The number of anilines is 2. The van der Waals surface area contributed by atoms with Crippen LogP contribution in [0.5, 0.6) is 5.75 Å². The molecule has 0 saturated carbocycles. The highest BCUT2D eigenvalue weighted by Gasteiger charge is 2.71. The lowest BCUT2D eigenvalue weighted by molar-refractivity contribution is -0.140. The number of carbonyl (C=O) groups excluding carboxylic acids is 3. The fourth-order valence-corrected chi connectivity index (χ4v) is 7.47. The number of unbranched alkanes of at least 4 members (excludes halogenated alkanes) is 3. The molecule has 1 unspecified atom stereocenters. The highest BCUT2D eigenvalue weighted by Crippen LogP contribution is 2.54. The van der Waals surface area contributed by atoms with Gasteiger partial charge in [-0.15, -0.1) is 0 Å². The minimum Gasteiger partial charge on any atom is -0.494 e. The van der Waals surface area contributed by atoms with Crippen LogP contribution in [0.3, 0.4) is 0 Å². The summed E-state index contributed by atoms with van der Waals surface area (Å²) in [7, 11) is 0. The van der Waals surface area contributed by atoms with Crippen molar-refractivity contribution in [3.05, 3.63) is 77.9 Å². The molecule has 4 heterocycles. The van der Waals surface area contributed by atoms with E-state index in [9.17, 15) is 19.5 Å². The van der Waals surface area contributed by atoms with Gasteiger partial charge in [-0.1, -0.05) is 49.3 Å². The third-order valence-electron chi connectivity index (χ3n) is 9.58. The molecule has 238 valence electrons. The zero-order valence-electron chi connectivity index (χ0n) is 26.4. The summed E-state index contributed by atoms with van der Waals surface area (Å²) >= 11 is 0. The van der Waals surface area contributed by atoms with Gasteiger partial charge in [-0.25, -0.2) is 0 Å². The molecular formula is C36H43N3O6. The van der Waals surface area contributed by atoms with E-state index in [4.69, 9.17) is 9.47 Å². The van der Waals surface area contributed by atoms with Crippen LogP contribution in [0.25, 0.3) is 0 Å². The van der Waals surface area contributed by atoms with E-state index in [0.717, 1.165) is 35.4 Å². The first-order valence-electron chi connectivity index (χ1n) is 16.2. The van der Waals surface area contributed by atoms with Gasteiger partial charge in [0.15, 0.2) is 0 Å². The maximum absolute atomic E-state index is 14.7. The molecule has 1 N–H and O–H groups in total. The van der Waals surface area contributed by atoms with Crippen LogP contribution in [0.4, 0.5) is 11.4 Å². The molecule has 1 spiro atoms. The number of amides is 3. The van der Waals surface area contributed by atoms with Crippen molar-refractivity contribution in [1.82, 2.24) is 4.90 Å². The fraction of sp³-hybridized carbons (Fsp3) is 0.472. The van der Waals surface area contributed by atoms with E-state index in [0.29, 0.717) is 44.8 Å². The number of fused-ring (bicyclic) bond motifs is 2. The normalized spacial score (nSPS) is 27.4. The summed E-state index contributed by atoms with van der Waals surface area (Å²) in [6.07, 6.45) is 10.0. The van der Waals surface area contributed by atoms with Gasteiger partial charge in [0.05, 0.1) is 24.5 Å². The molecule has 5 atom stereocenters. The van der Waals surface area contributed by atoms with Gasteiger partial charge in [-0.2, -0.15) is 0 Å². The predicted octanol–water partition coefficient (Wildman–Crippen LogP) is 4.34. The number of benzene rings is 2. The van der Waals surface area contributed by atoms with Crippen molar-refractivity contribution in [1.29, 1.82) is 0 Å².